The minimum atomic E-state index is -4.76. The summed E-state index contributed by atoms with van der Waals surface area (Å²) in [5, 5.41) is 3.58. The molecule has 2 amide bonds. The van der Waals surface area contributed by atoms with E-state index in [1.165, 1.54) is 13.1 Å². The number of amides is 2. The van der Waals surface area contributed by atoms with E-state index in [1.807, 2.05) is 18.2 Å². The summed E-state index contributed by atoms with van der Waals surface area (Å²) >= 11 is 0. The van der Waals surface area contributed by atoms with Gasteiger partial charge in [0, 0.05) is 36.0 Å². The van der Waals surface area contributed by atoms with Gasteiger partial charge < -0.3 is 10.2 Å². The van der Waals surface area contributed by atoms with Gasteiger partial charge >= 0.3 is 6.18 Å². The molecule has 1 spiro atoms. The fourth-order valence-electron chi connectivity index (χ4n) is 6.63. The highest BCUT2D eigenvalue weighted by Gasteiger charge is 2.69. The molecule has 2 aromatic carbocycles. The van der Waals surface area contributed by atoms with Crippen LogP contribution in [0.3, 0.4) is 0 Å². The minimum absolute atomic E-state index is 0.0466. The van der Waals surface area contributed by atoms with Crippen LogP contribution in [-0.2, 0) is 34.4 Å². The lowest BCUT2D eigenvalue weighted by molar-refractivity contribution is -0.200. The van der Waals surface area contributed by atoms with Crippen molar-refractivity contribution in [1.82, 2.24) is 14.9 Å². The number of anilines is 1. The summed E-state index contributed by atoms with van der Waals surface area (Å²) in [5.41, 5.74) is 0.610. The van der Waals surface area contributed by atoms with Crippen LogP contribution >= 0.6 is 0 Å². The van der Waals surface area contributed by atoms with Crippen LogP contribution in [0, 0.1) is 17.0 Å². The Balaban J connectivity index is 1.24. The first kappa shape index (κ1) is 27.4. The Hall–Kier alpha value is -4.41. The monoisotopic (exact) mass is 592 g/mol. The quantitative estimate of drug-likeness (QED) is 0.275. The van der Waals surface area contributed by atoms with E-state index in [9.17, 15) is 31.5 Å². The first-order chi connectivity index (χ1) is 20.4. The summed E-state index contributed by atoms with van der Waals surface area (Å²) in [6, 6.07) is 10.9. The highest BCUT2D eigenvalue weighted by atomic mass is 19.4. The molecule has 2 aliphatic carbocycles. The van der Waals surface area contributed by atoms with E-state index >= 15 is 0 Å². The van der Waals surface area contributed by atoms with E-state index in [4.69, 9.17) is 0 Å². The Morgan fingerprint density at radius 1 is 1.02 bits per heavy atom. The zero-order valence-electron chi connectivity index (χ0n) is 22.9. The second-order valence-electron chi connectivity index (χ2n) is 11.8. The van der Waals surface area contributed by atoms with Gasteiger partial charge in [-0.1, -0.05) is 6.07 Å². The maximum atomic E-state index is 14.1. The van der Waals surface area contributed by atoms with Gasteiger partial charge in [0.05, 0.1) is 17.0 Å². The zero-order valence-corrected chi connectivity index (χ0v) is 22.9. The van der Waals surface area contributed by atoms with Crippen molar-refractivity contribution in [3.63, 3.8) is 0 Å². The van der Waals surface area contributed by atoms with Crippen LogP contribution in [-0.4, -0.2) is 32.9 Å². The molecule has 0 bridgehead atoms. The van der Waals surface area contributed by atoms with E-state index in [2.05, 4.69) is 15.3 Å². The molecule has 43 heavy (non-hydrogen) atoms. The summed E-state index contributed by atoms with van der Waals surface area (Å²) in [7, 11) is 0. The standard InChI is InChI=1S/C32H25F5N4O2/c1-17(19-9-23(33)12-24(34)10-19)41(29(43)31(4-5-31)32(35,36)37)16-18-7-20-8-21-13-30(14-22(21)11-26(20)39-15-18)25-3-2-6-38-27(25)40-28(30)42/h2-3,6-12,15,17H,4-5,13-14,16H2,1H3,(H,38,40,42). The van der Waals surface area contributed by atoms with Gasteiger partial charge in [-0.05, 0) is 91.3 Å². The van der Waals surface area contributed by atoms with Gasteiger partial charge in [0.2, 0.25) is 11.8 Å². The third kappa shape index (κ3) is 4.27. The first-order valence-electron chi connectivity index (χ1n) is 13.9. The number of aromatic nitrogens is 2. The predicted octanol–water partition coefficient (Wildman–Crippen LogP) is 6.33. The molecule has 7 rings (SSSR count). The van der Waals surface area contributed by atoms with Crippen LogP contribution in [0.5, 0.6) is 0 Å². The molecule has 4 aromatic rings. The van der Waals surface area contributed by atoms with Gasteiger partial charge in [-0.2, -0.15) is 13.2 Å². The lowest BCUT2D eigenvalue weighted by atomic mass is 9.79. The fourth-order valence-corrected chi connectivity index (χ4v) is 6.63. The van der Waals surface area contributed by atoms with Crippen molar-refractivity contribution >= 4 is 28.5 Å². The number of fused-ring (bicyclic) bond motifs is 4. The van der Waals surface area contributed by atoms with Gasteiger partial charge in [-0.3, -0.25) is 14.6 Å². The average Bonchev–Trinajstić information content (AvgIpc) is 3.64. The van der Waals surface area contributed by atoms with Crippen molar-refractivity contribution in [2.24, 2.45) is 5.41 Å². The van der Waals surface area contributed by atoms with E-state index in [1.54, 1.807) is 18.3 Å². The summed E-state index contributed by atoms with van der Waals surface area (Å²) in [6.45, 7) is 1.21. The summed E-state index contributed by atoms with van der Waals surface area (Å²) in [5.74, 6) is -2.48. The summed E-state index contributed by atoms with van der Waals surface area (Å²) in [6.07, 6.45) is -1.39. The van der Waals surface area contributed by atoms with Crippen LogP contribution in [0.15, 0.2) is 60.9 Å². The van der Waals surface area contributed by atoms with Crippen LogP contribution in [0.2, 0.25) is 0 Å². The summed E-state index contributed by atoms with van der Waals surface area (Å²) in [4.78, 5) is 36.5. The average molecular weight is 593 g/mol. The van der Waals surface area contributed by atoms with Crippen LogP contribution in [0.4, 0.5) is 27.8 Å². The maximum Gasteiger partial charge on any atom is 0.403 e. The highest BCUT2D eigenvalue weighted by Crippen LogP contribution is 2.59. The van der Waals surface area contributed by atoms with Crippen molar-refractivity contribution in [3.8, 4) is 0 Å². The topological polar surface area (TPSA) is 75.2 Å². The molecule has 0 saturated heterocycles. The number of benzene rings is 2. The Morgan fingerprint density at radius 3 is 2.40 bits per heavy atom. The molecule has 1 fully saturated rings. The Labute approximate surface area is 242 Å². The third-order valence-corrected chi connectivity index (χ3v) is 9.18. The zero-order chi connectivity index (χ0) is 30.3. The summed E-state index contributed by atoms with van der Waals surface area (Å²) < 4.78 is 70.1. The number of hydrogen-bond donors (Lipinski definition) is 1. The Bertz CT molecular complexity index is 1820. The number of pyridine rings is 2. The van der Waals surface area contributed by atoms with Crippen molar-refractivity contribution in [3.05, 3.63) is 100 Å². The third-order valence-electron chi connectivity index (χ3n) is 9.18. The molecule has 220 valence electrons. The normalized spacial score (nSPS) is 20.6. The van der Waals surface area contributed by atoms with Crippen LogP contribution < -0.4 is 5.32 Å². The number of rotatable bonds is 5. The number of carbonyl (C=O) groups excluding carboxylic acids is 2. The minimum Gasteiger partial charge on any atom is -0.331 e. The van der Waals surface area contributed by atoms with Crippen LogP contribution in [0.25, 0.3) is 10.9 Å². The molecule has 11 heteroatoms. The van der Waals surface area contributed by atoms with Gasteiger partial charge in [0.15, 0.2) is 0 Å². The van der Waals surface area contributed by atoms with Crippen molar-refractivity contribution in [2.45, 2.75) is 56.8 Å². The Morgan fingerprint density at radius 2 is 1.72 bits per heavy atom. The van der Waals surface area contributed by atoms with E-state index in [-0.39, 0.29) is 30.9 Å². The molecular weight excluding hydrogens is 567 g/mol. The molecule has 1 saturated carbocycles. The molecule has 1 N–H and O–H groups in total. The predicted molar refractivity (Wildman–Crippen MR) is 147 cm³/mol. The number of hydrogen-bond acceptors (Lipinski definition) is 4. The second-order valence-corrected chi connectivity index (χ2v) is 11.8. The van der Waals surface area contributed by atoms with E-state index < -0.39 is 40.6 Å². The molecule has 1 aliphatic heterocycles. The molecule has 2 atom stereocenters. The largest absolute Gasteiger partial charge is 0.403 e. The number of halogens is 5. The van der Waals surface area contributed by atoms with E-state index in [0.717, 1.165) is 33.7 Å². The van der Waals surface area contributed by atoms with Gasteiger partial charge in [-0.25, -0.2) is 13.8 Å². The molecule has 6 nitrogen and oxygen atoms in total. The molecule has 2 unspecified atom stereocenters. The maximum absolute atomic E-state index is 14.1. The lowest BCUT2D eigenvalue weighted by Gasteiger charge is -2.34. The molecular formula is C32H25F5N4O2. The number of alkyl halides is 3. The van der Waals surface area contributed by atoms with Gasteiger partial charge in [0.25, 0.3) is 0 Å². The second kappa shape index (κ2) is 9.29. The molecule has 0 radical (unpaired) electrons. The number of nitrogens with one attached hydrogen (secondary N) is 1. The Kier molecular flexibility index (Phi) is 5.93. The van der Waals surface area contributed by atoms with Crippen molar-refractivity contribution < 1.29 is 31.5 Å². The first-order valence-corrected chi connectivity index (χ1v) is 13.9. The SMILES string of the molecule is CC(c1cc(F)cc(F)c1)N(Cc1cnc2cc3c(cc2c1)CC1(C3)C(=O)Nc2ncccc21)C(=O)C1(C(F)(F)F)CC1. The molecule has 3 aliphatic rings. The van der Waals surface area contributed by atoms with Crippen molar-refractivity contribution in [1.29, 1.82) is 0 Å². The number of carbonyl (C=O) groups is 2. The van der Waals surface area contributed by atoms with Gasteiger partial charge in [-0.15, -0.1) is 0 Å². The number of nitrogens with zero attached hydrogens (tertiary/aromatic N) is 3. The van der Waals surface area contributed by atoms with Gasteiger partial charge in [0.1, 0.15) is 22.9 Å². The van der Waals surface area contributed by atoms with Crippen molar-refractivity contribution in [2.75, 3.05) is 5.32 Å². The van der Waals surface area contributed by atoms with Crippen LogP contribution in [0.1, 0.15) is 53.6 Å². The molecule has 2 aromatic heterocycles. The van der Waals surface area contributed by atoms with E-state index in [0.29, 0.717) is 41.2 Å². The lowest BCUT2D eigenvalue weighted by Crippen LogP contribution is -2.44. The molecule has 3 heterocycles. The fraction of sp³-hybridized carbons (Fsp3) is 0.312. The smallest absolute Gasteiger partial charge is 0.331 e. The highest BCUT2D eigenvalue weighted by molar-refractivity contribution is 6.06.